The number of anilines is 2. The van der Waals surface area contributed by atoms with Crippen molar-refractivity contribution >= 4 is 39.0 Å². The Labute approximate surface area is 123 Å². The highest BCUT2D eigenvalue weighted by Gasteiger charge is 2.20. The maximum Gasteiger partial charge on any atom is 0.321 e. The van der Waals surface area contributed by atoms with Crippen molar-refractivity contribution in [3.05, 3.63) is 24.3 Å². The van der Waals surface area contributed by atoms with Crippen molar-refractivity contribution in [1.29, 1.82) is 0 Å². The molecule has 0 atom stereocenters. The molecular weight excluding hydrogens is 302 g/mol. The number of nitrogens with zero attached hydrogens (tertiary/aromatic N) is 1. The van der Waals surface area contributed by atoms with Gasteiger partial charge in [-0.1, -0.05) is 0 Å². The molecule has 0 aliphatic carbocycles. The molecule has 2 N–H and O–H groups in total. The number of halogens is 1. The number of amides is 2. The highest BCUT2D eigenvalue weighted by atomic mass is 35.5. The second-order valence-corrected chi connectivity index (χ2v) is 6.61. The molecule has 0 saturated carbocycles. The summed E-state index contributed by atoms with van der Waals surface area (Å²) >= 11 is 5.48. The summed E-state index contributed by atoms with van der Waals surface area (Å²) < 4.78 is 25.9. The Morgan fingerprint density at radius 2 is 2.00 bits per heavy atom. The molecule has 8 heteroatoms. The molecule has 0 radical (unpaired) electrons. The number of hydrogen-bond donors (Lipinski definition) is 2. The average Bonchev–Trinajstić information content (AvgIpc) is 2.83. The van der Waals surface area contributed by atoms with E-state index in [1.807, 2.05) is 0 Å². The topological polar surface area (TPSA) is 78.5 Å². The molecule has 0 spiro atoms. The van der Waals surface area contributed by atoms with Crippen molar-refractivity contribution < 1.29 is 13.2 Å². The van der Waals surface area contributed by atoms with Gasteiger partial charge in [0.2, 0.25) is 10.0 Å². The summed E-state index contributed by atoms with van der Waals surface area (Å²) in [5.41, 5.74) is 1.21. The molecule has 1 saturated heterocycles. The lowest BCUT2D eigenvalue weighted by Gasteiger charge is -2.15. The standard InChI is InChI=1S/C12H16ClN3O3S/c13-6-1-9-20(18,19)15-10-2-4-11(5-3-10)16-8-7-14-12(16)17/h2-5,15H,1,6-9H2,(H,14,17). The Bertz CT molecular complexity index is 574. The average molecular weight is 318 g/mol. The molecule has 1 aliphatic rings. The third-order valence-electron chi connectivity index (χ3n) is 2.86. The van der Waals surface area contributed by atoms with Crippen LogP contribution in [0.5, 0.6) is 0 Å². The van der Waals surface area contributed by atoms with Gasteiger partial charge in [-0.3, -0.25) is 9.62 Å². The lowest BCUT2D eigenvalue weighted by Crippen LogP contribution is -2.27. The van der Waals surface area contributed by atoms with Crippen LogP contribution in [0, 0.1) is 0 Å². The zero-order chi connectivity index (χ0) is 14.6. The van der Waals surface area contributed by atoms with E-state index in [9.17, 15) is 13.2 Å². The molecule has 1 aromatic rings. The first-order valence-electron chi connectivity index (χ1n) is 6.24. The monoisotopic (exact) mass is 317 g/mol. The van der Waals surface area contributed by atoms with E-state index in [0.717, 1.165) is 5.69 Å². The minimum atomic E-state index is -3.37. The van der Waals surface area contributed by atoms with Gasteiger partial charge < -0.3 is 5.32 Å². The minimum absolute atomic E-state index is 0.00716. The van der Waals surface area contributed by atoms with Crippen LogP contribution in [0.1, 0.15) is 6.42 Å². The number of benzene rings is 1. The van der Waals surface area contributed by atoms with E-state index in [-0.39, 0.29) is 11.8 Å². The lowest BCUT2D eigenvalue weighted by molar-refractivity contribution is 0.252. The van der Waals surface area contributed by atoms with Gasteiger partial charge in [0.25, 0.3) is 0 Å². The van der Waals surface area contributed by atoms with Crippen LogP contribution in [-0.4, -0.2) is 39.2 Å². The molecule has 0 bridgehead atoms. The van der Waals surface area contributed by atoms with Crippen LogP contribution in [0.4, 0.5) is 16.2 Å². The van der Waals surface area contributed by atoms with Gasteiger partial charge in [0.1, 0.15) is 0 Å². The molecule has 1 heterocycles. The maximum atomic E-state index is 11.7. The zero-order valence-electron chi connectivity index (χ0n) is 10.8. The summed E-state index contributed by atoms with van der Waals surface area (Å²) in [6.45, 7) is 1.23. The lowest BCUT2D eigenvalue weighted by atomic mass is 10.2. The van der Waals surface area contributed by atoms with Crippen LogP contribution in [0.2, 0.25) is 0 Å². The van der Waals surface area contributed by atoms with E-state index in [1.54, 1.807) is 29.2 Å². The predicted molar refractivity (Wildman–Crippen MR) is 79.9 cm³/mol. The van der Waals surface area contributed by atoms with Gasteiger partial charge >= 0.3 is 6.03 Å². The molecule has 1 aliphatic heterocycles. The molecule has 0 unspecified atom stereocenters. The first kappa shape index (κ1) is 14.9. The number of carbonyl (C=O) groups excluding carboxylic acids is 1. The molecule has 2 rings (SSSR count). The van der Waals surface area contributed by atoms with Crippen molar-refractivity contribution in [2.24, 2.45) is 0 Å². The van der Waals surface area contributed by atoms with Gasteiger partial charge in [0.05, 0.1) is 5.75 Å². The second-order valence-electron chi connectivity index (χ2n) is 4.39. The fraction of sp³-hybridized carbons (Fsp3) is 0.417. The molecule has 6 nitrogen and oxygen atoms in total. The van der Waals surface area contributed by atoms with Crippen LogP contribution in [0.3, 0.4) is 0 Å². The number of rotatable bonds is 6. The Morgan fingerprint density at radius 1 is 1.30 bits per heavy atom. The fourth-order valence-corrected chi connectivity index (χ4v) is 3.32. The molecule has 0 aromatic heterocycles. The van der Waals surface area contributed by atoms with E-state index < -0.39 is 10.0 Å². The van der Waals surface area contributed by atoms with E-state index in [1.165, 1.54) is 0 Å². The summed E-state index contributed by atoms with van der Waals surface area (Å²) in [6, 6.07) is 6.56. The van der Waals surface area contributed by atoms with Crippen LogP contribution < -0.4 is 14.9 Å². The molecule has 20 heavy (non-hydrogen) atoms. The second kappa shape index (κ2) is 6.32. The van der Waals surface area contributed by atoms with E-state index in [2.05, 4.69) is 10.0 Å². The Balaban J connectivity index is 2.03. The quantitative estimate of drug-likeness (QED) is 0.782. The minimum Gasteiger partial charge on any atom is -0.336 e. The predicted octanol–water partition coefficient (Wildman–Crippen LogP) is 1.59. The van der Waals surface area contributed by atoms with E-state index in [0.29, 0.717) is 31.1 Å². The third kappa shape index (κ3) is 3.77. The summed E-state index contributed by atoms with van der Waals surface area (Å²) in [5.74, 6) is 0.302. The van der Waals surface area contributed by atoms with Crippen molar-refractivity contribution in [1.82, 2.24) is 5.32 Å². The van der Waals surface area contributed by atoms with Crippen LogP contribution >= 0.6 is 11.6 Å². The van der Waals surface area contributed by atoms with Crippen molar-refractivity contribution in [2.75, 3.05) is 34.3 Å². The smallest absolute Gasteiger partial charge is 0.321 e. The normalized spacial score (nSPS) is 15.2. The van der Waals surface area contributed by atoms with Gasteiger partial charge in [-0.25, -0.2) is 13.2 Å². The molecule has 2 amide bonds. The van der Waals surface area contributed by atoms with Gasteiger partial charge in [-0.2, -0.15) is 0 Å². The van der Waals surface area contributed by atoms with E-state index >= 15 is 0 Å². The number of nitrogens with one attached hydrogen (secondary N) is 2. The largest absolute Gasteiger partial charge is 0.336 e. The zero-order valence-corrected chi connectivity index (χ0v) is 12.4. The molecule has 110 valence electrons. The van der Waals surface area contributed by atoms with Crippen molar-refractivity contribution in [2.45, 2.75) is 6.42 Å². The number of carbonyl (C=O) groups is 1. The fourth-order valence-electron chi connectivity index (χ4n) is 1.90. The number of hydrogen-bond acceptors (Lipinski definition) is 3. The van der Waals surface area contributed by atoms with E-state index in [4.69, 9.17) is 11.6 Å². The molecule has 1 aromatic carbocycles. The SMILES string of the molecule is O=C1NCCN1c1ccc(NS(=O)(=O)CCCCl)cc1. The number of sulfonamides is 1. The van der Waals surface area contributed by atoms with Gasteiger partial charge in [-0.05, 0) is 30.7 Å². The highest BCUT2D eigenvalue weighted by molar-refractivity contribution is 7.92. The van der Waals surface area contributed by atoms with Crippen molar-refractivity contribution in [3.8, 4) is 0 Å². The van der Waals surface area contributed by atoms with Crippen molar-refractivity contribution in [3.63, 3.8) is 0 Å². The summed E-state index contributed by atoms with van der Waals surface area (Å²) in [6.07, 6.45) is 0.406. The number of urea groups is 1. The Morgan fingerprint density at radius 3 is 2.55 bits per heavy atom. The number of alkyl halides is 1. The van der Waals surface area contributed by atoms with Gasteiger partial charge in [-0.15, -0.1) is 11.6 Å². The first-order valence-corrected chi connectivity index (χ1v) is 8.42. The van der Waals surface area contributed by atoms with Gasteiger partial charge in [0.15, 0.2) is 0 Å². The first-order chi connectivity index (χ1) is 9.52. The summed E-state index contributed by atoms with van der Waals surface area (Å²) in [5, 5.41) is 2.71. The van der Waals surface area contributed by atoms with Crippen LogP contribution in [-0.2, 0) is 10.0 Å². The third-order valence-corrected chi connectivity index (χ3v) is 4.50. The Hall–Kier alpha value is -1.47. The van der Waals surface area contributed by atoms with Crippen LogP contribution in [0.15, 0.2) is 24.3 Å². The highest BCUT2D eigenvalue weighted by Crippen LogP contribution is 2.20. The van der Waals surface area contributed by atoms with Gasteiger partial charge in [0, 0.05) is 30.3 Å². The summed E-state index contributed by atoms with van der Waals surface area (Å²) in [7, 11) is -3.37. The van der Waals surface area contributed by atoms with Crippen LogP contribution in [0.25, 0.3) is 0 Å². The summed E-state index contributed by atoms with van der Waals surface area (Å²) in [4.78, 5) is 13.1. The molecule has 1 fully saturated rings. The Kier molecular flexibility index (Phi) is 4.72. The maximum absolute atomic E-state index is 11.7. The molecular formula is C12H16ClN3O3S.